The van der Waals surface area contributed by atoms with E-state index in [1.165, 1.54) is 0 Å². The number of benzene rings is 4. The largest absolute Gasteiger partial charge is 0.405 e. The van der Waals surface area contributed by atoms with Gasteiger partial charge in [-0.15, -0.1) is 0 Å². The Morgan fingerprint density at radius 3 is 1.49 bits per heavy atom. The third-order valence-corrected chi connectivity index (χ3v) is 13.1. The standard InChI is InChI=1S/C36H42O6Si/c1-36(2,3)43(29-20-12-6-13-21-29,30-22-14-7-15-23-30)41-26-31-32(37)33(39-24-27-16-8-4-9-17-27)34(35(38)42-31)40-25-28-18-10-5-11-19-28/h4-23,31-35,37-38H,24-26H2,1-3H3/t31?,32-,33-,34?,35+/m0/s1. The molecule has 0 amide bonds. The molecule has 43 heavy (non-hydrogen) atoms. The summed E-state index contributed by atoms with van der Waals surface area (Å²) >= 11 is 0. The molecule has 1 heterocycles. The maximum atomic E-state index is 11.7. The Kier molecular flexibility index (Phi) is 10.3. The highest BCUT2D eigenvalue weighted by Gasteiger charge is 2.52. The fourth-order valence-electron chi connectivity index (χ4n) is 5.92. The number of aliphatic hydroxyl groups excluding tert-OH is 2. The molecule has 1 aliphatic rings. The molecular formula is C36H42O6Si. The Labute approximate surface area is 256 Å². The summed E-state index contributed by atoms with van der Waals surface area (Å²) in [5, 5.41) is 25.0. The predicted octanol–water partition coefficient (Wildman–Crippen LogP) is 4.81. The molecule has 2 N–H and O–H groups in total. The molecule has 226 valence electrons. The van der Waals surface area contributed by atoms with Crippen LogP contribution in [0.3, 0.4) is 0 Å². The van der Waals surface area contributed by atoms with Crippen molar-refractivity contribution in [3.05, 3.63) is 132 Å². The van der Waals surface area contributed by atoms with Gasteiger partial charge in [0.2, 0.25) is 0 Å². The first-order valence-electron chi connectivity index (χ1n) is 14.9. The summed E-state index contributed by atoms with van der Waals surface area (Å²) < 4.78 is 25.5. The second kappa shape index (κ2) is 14.1. The first kappa shape index (κ1) is 31.3. The van der Waals surface area contributed by atoms with Crippen LogP contribution in [0.5, 0.6) is 0 Å². The topological polar surface area (TPSA) is 77.4 Å². The van der Waals surface area contributed by atoms with Crippen molar-refractivity contribution in [2.24, 2.45) is 0 Å². The molecule has 0 saturated carbocycles. The lowest BCUT2D eigenvalue weighted by molar-refractivity contribution is -0.306. The van der Waals surface area contributed by atoms with Crippen molar-refractivity contribution in [3.8, 4) is 0 Å². The zero-order valence-electron chi connectivity index (χ0n) is 25.1. The Bertz CT molecular complexity index is 1340. The fourth-order valence-corrected chi connectivity index (χ4v) is 10.5. The molecule has 0 aliphatic carbocycles. The molecule has 5 rings (SSSR count). The van der Waals surface area contributed by atoms with Crippen molar-refractivity contribution in [1.29, 1.82) is 0 Å². The predicted molar refractivity (Wildman–Crippen MR) is 170 cm³/mol. The van der Waals surface area contributed by atoms with E-state index in [-0.39, 0.29) is 24.9 Å². The molecule has 1 fully saturated rings. The molecule has 0 aromatic heterocycles. The second-order valence-electron chi connectivity index (χ2n) is 12.1. The summed E-state index contributed by atoms with van der Waals surface area (Å²) in [4.78, 5) is 0. The van der Waals surface area contributed by atoms with E-state index in [4.69, 9.17) is 18.6 Å². The van der Waals surface area contributed by atoms with Crippen molar-refractivity contribution in [2.45, 2.75) is 69.7 Å². The van der Waals surface area contributed by atoms with E-state index in [2.05, 4.69) is 45.0 Å². The number of ether oxygens (including phenoxy) is 3. The van der Waals surface area contributed by atoms with Crippen molar-refractivity contribution in [2.75, 3.05) is 6.61 Å². The van der Waals surface area contributed by atoms with Gasteiger partial charge in [-0.2, -0.15) is 0 Å². The van der Waals surface area contributed by atoms with Gasteiger partial charge in [0.15, 0.2) is 6.29 Å². The zero-order valence-corrected chi connectivity index (χ0v) is 26.1. The van der Waals surface area contributed by atoms with Crippen LogP contribution in [0.2, 0.25) is 5.04 Å². The van der Waals surface area contributed by atoms with Crippen LogP contribution in [0.4, 0.5) is 0 Å². The molecule has 0 bridgehead atoms. The second-order valence-corrected chi connectivity index (χ2v) is 16.4. The molecule has 0 spiro atoms. The van der Waals surface area contributed by atoms with Gasteiger partial charge in [0.1, 0.15) is 24.4 Å². The van der Waals surface area contributed by atoms with Gasteiger partial charge < -0.3 is 28.8 Å². The van der Waals surface area contributed by atoms with Crippen LogP contribution in [0, 0.1) is 0 Å². The quantitative estimate of drug-likeness (QED) is 0.241. The van der Waals surface area contributed by atoms with Crippen LogP contribution in [0.1, 0.15) is 31.9 Å². The Hall–Kier alpha value is -3.14. The van der Waals surface area contributed by atoms with E-state index in [1.807, 2.05) is 97.1 Å². The van der Waals surface area contributed by atoms with Crippen LogP contribution < -0.4 is 10.4 Å². The lowest BCUT2D eigenvalue weighted by Crippen LogP contribution is -2.68. The highest BCUT2D eigenvalue weighted by Crippen LogP contribution is 2.37. The van der Waals surface area contributed by atoms with Crippen LogP contribution >= 0.6 is 0 Å². The summed E-state index contributed by atoms with van der Waals surface area (Å²) in [5.74, 6) is 0. The maximum Gasteiger partial charge on any atom is 0.261 e. The van der Waals surface area contributed by atoms with Gasteiger partial charge in [-0.1, -0.05) is 142 Å². The number of hydrogen-bond donors (Lipinski definition) is 2. The highest BCUT2D eigenvalue weighted by molar-refractivity contribution is 6.99. The Morgan fingerprint density at radius 1 is 0.628 bits per heavy atom. The molecule has 4 aromatic carbocycles. The highest BCUT2D eigenvalue weighted by atomic mass is 28.4. The van der Waals surface area contributed by atoms with Crippen molar-refractivity contribution in [3.63, 3.8) is 0 Å². The summed E-state index contributed by atoms with van der Waals surface area (Å²) in [6.45, 7) is 7.17. The average Bonchev–Trinajstić information content (AvgIpc) is 3.03. The lowest BCUT2D eigenvalue weighted by Gasteiger charge is -2.46. The molecule has 1 aliphatic heterocycles. The molecule has 4 aromatic rings. The van der Waals surface area contributed by atoms with Gasteiger partial charge in [-0.3, -0.25) is 0 Å². The summed E-state index contributed by atoms with van der Waals surface area (Å²) in [7, 11) is -2.90. The summed E-state index contributed by atoms with van der Waals surface area (Å²) in [6.07, 6.45) is -5.01. The smallest absolute Gasteiger partial charge is 0.261 e. The maximum absolute atomic E-state index is 11.7. The number of aliphatic hydroxyl groups is 2. The third kappa shape index (κ3) is 7.16. The minimum Gasteiger partial charge on any atom is -0.405 e. The van der Waals surface area contributed by atoms with Gasteiger partial charge in [0, 0.05) is 0 Å². The van der Waals surface area contributed by atoms with Crippen LogP contribution in [-0.2, 0) is 31.9 Å². The van der Waals surface area contributed by atoms with E-state index in [1.54, 1.807) is 0 Å². The monoisotopic (exact) mass is 598 g/mol. The molecular weight excluding hydrogens is 556 g/mol. The minimum atomic E-state index is -2.90. The molecule has 6 nitrogen and oxygen atoms in total. The molecule has 5 atom stereocenters. The minimum absolute atomic E-state index is 0.0715. The summed E-state index contributed by atoms with van der Waals surface area (Å²) in [5.41, 5.74) is 1.90. The molecule has 0 radical (unpaired) electrons. The SMILES string of the molecule is CC(C)(C)[Si](OCC1O[C@@H](O)C(OCc2ccccc2)[C@@H](OCc2ccccc2)[C@H]1O)(c1ccccc1)c1ccccc1. The Balaban J connectivity index is 1.41. The first-order chi connectivity index (χ1) is 20.8. The molecule has 1 saturated heterocycles. The van der Waals surface area contributed by atoms with Crippen LogP contribution in [0.25, 0.3) is 0 Å². The van der Waals surface area contributed by atoms with Crippen molar-refractivity contribution >= 4 is 18.7 Å². The van der Waals surface area contributed by atoms with E-state index < -0.39 is 39.0 Å². The zero-order chi connectivity index (χ0) is 30.3. The molecule has 2 unspecified atom stereocenters. The van der Waals surface area contributed by atoms with Gasteiger partial charge in [0.05, 0.1) is 19.8 Å². The fraction of sp³-hybridized carbons (Fsp3) is 0.333. The van der Waals surface area contributed by atoms with Crippen molar-refractivity contribution in [1.82, 2.24) is 0 Å². The summed E-state index contributed by atoms with van der Waals surface area (Å²) in [6, 6.07) is 40.1. The number of hydrogen-bond acceptors (Lipinski definition) is 6. The normalized spacial score (nSPS) is 22.8. The Morgan fingerprint density at radius 2 is 1.05 bits per heavy atom. The van der Waals surface area contributed by atoms with E-state index >= 15 is 0 Å². The van der Waals surface area contributed by atoms with Gasteiger partial charge in [-0.05, 0) is 26.5 Å². The van der Waals surface area contributed by atoms with E-state index in [0.29, 0.717) is 0 Å². The average molecular weight is 599 g/mol. The van der Waals surface area contributed by atoms with Gasteiger partial charge in [0.25, 0.3) is 8.32 Å². The van der Waals surface area contributed by atoms with E-state index in [9.17, 15) is 10.2 Å². The molecule has 7 heteroatoms. The lowest BCUT2D eigenvalue weighted by atomic mass is 9.98. The van der Waals surface area contributed by atoms with Crippen LogP contribution in [0.15, 0.2) is 121 Å². The number of rotatable bonds is 11. The van der Waals surface area contributed by atoms with Gasteiger partial charge in [-0.25, -0.2) is 0 Å². The van der Waals surface area contributed by atoms with Crippen LogP contribution in [-0.4, -0.2) is 55.8 Å². The third-order valence-electron chi connectivity index (χ3n) is 8.09. The van der Waals surface area contributed by atoms with E-state index in [0.717, 1.165) is 21.5 Å². The first-order valence-corrected chi connectivity index (χ1v) is 16.8. The van der Waals surface area contributed by atoms with Crippen molar-refractivity contribution < 1.29 is 28.8 Å². The van der Waals surface area contributed by atoms with Gasteiger partial charge >= 0.3 is 0 Å².